The first-order valence-electron chi connectivity index (χ1n) is 6.22. The first-order valence-corrected chi connectivity index (χ1v) is 7.02. The summed E-state index contributed by atoms with van der Waals surface area (Å²) in [4.78, 5) is 0. The van der Waals surface area contributed by atoms with Gasteiger partial charge in [-0.05, 0) is 31.2 Å². The van der Waals surface area contributed by atoms with Gasteiger partial charge in [0.05, 0.1) is 11.7 Å². The third-order valence-electron chi connectivity index (χ3n) is 2.90. The molecule has 0 saturated carbocycles. The SMILES string of the molecule is CC(Nc1cc(Br)ccc1F)c1ccccc1OC(F)F. The molecule has 2 aromatic carbocycles. The van der Waals surface area contributed by atoms with Gasteiger partial charge in [-0.15, -0.1) is 0 Å². The van der Waals surface area contributed by atoms with Crippen LogP contribution in [0, 0.1) is 5.82 Å². The number of para-hydroxylation sites is 1. The smallest absolute Gasteiger partial charge is 0.387 e. The highest BCUT2D eigenvalue weighted by molar-refractivity contribution is 9.10. The van der Waals surface area contributed by atoms with E-state index in [4.69, 9.17) is 0 Å². The molecule has 0 aliphatic rings. The Morgan fingerprint density at radius 3 is 2.57 bits per heavy atom. The zero-order valence-corrected chi connectivity index (χ0v) is 12.7. The number of nitrogens with one attached hydrogen (secondary N) is 1. The van der Waals surface area contributed by atoms with Crippen molar-refractivity contribution in [2.24, 2.45) is 0 Å². The van der Waals surface area contributed by atoms with Crippen LogP contribution in [0.25, 0.3) is 0 Å². The summed E-state index contributed by atoms with van der Waals surface area (Å²) in [7, 11) is 0. The minimum absolute atomic E-state index is 0.0721. The molecular formula is C15H13BrF3NO. The second-order valence-corrected chi connectivity index (χ2v) is 5.32. The van der Waals surface area contributed by atoms with Gasteiger partial charge in [0.25, 0.3) is 0 Å². The molecule has 112 valence electrons. The van der Waals surface area contributed by atoms with Gasteiger partial charge in [0.15, 0.2) is 0 Å². The molecular weight excluding hydrogens is 347 g/mol. The number of benzene rings is 2. The Balaban J connectivity index is 2.24. The van der Waals surface area contributed by atoms with Crippen molar-refractivity contribution in [3.8, 4) is 5.75 Å². The average molecular weight is 360 g/mol. The maximum Gasteiger partial charge on any atom is 0.387 e. The Morgan fingerprint density at radius 1 is 1.14 bits per heavy atom. The van der Waals surface area contributed by atoms with E-state index in [-0.39, 0.29) is 11.4 Å². The minimum Gasteiger partial charge on any atom is -0.434 e. The summed E-state index contributed by atoms with van der Waals surface area (Å²) in [6.45, 7) is -1.16. The van der Waals surface area contributed by atoms with Crippen molar-refractivity contribution in [3.05, 3.63) is 58.3 Å². The minimum atomic E-state index is -2.90. The van der Waals surface area contributed by atoms with E-state index in [0.29, 0.717) is 5.56 Å². The number of rotatable bonds is 5. The molecule has 0 heterocycles. The summed E-state index contributed by atoms with van der Waals surface area (Å²) >= 11 is 3.26. The summed E-state index contributed by atoms with van der Waals surface area (Å²) < 4.78 is 43.7. The molecule has 6 heteroatoms. The maximum atomic E-state index is 13.7. The zero-order chi connectivity index (χ0) is 15.4. The lowest BCUT2D eigenvalue weighted by Crippen LogP contribution is -2.11. The van der Waals surface area contributed by atoms with Crippen LogP contribution in [0.2, 0.25) is 0 Å². The Bertz CT molecular complexity index is 622. The van der Waals surface area contributed by atoms with E-state index in [2.05, 4.69) is 26.0 Å². The third kappa shape index (κ3) is 4.14. The molecule has 2 rings (SSSR count). The van der Waals surface area contributed by atoms with Crippen molar-refractivity contribution >= 4 is 21.6 Å². The first kappa shape index (κ1) is 15.7. The summed E-state index contributed by atoms with van der Waals surface area (Å²) in [5, 5.41) is 2.95. The monoisotopic (exact) mass is 359 g/mol. The Kier molecular flexibility index (Phi) is 5.12. The molecule has 0 aliphatic heterocycles. The van der Waals surface area contributed by atoms with Crippen molar-refractivity contribution in [1.82, 2.24) is 0 Å². The van der Waals surface area contributed by atoms with Crippen LogP contribution in [-0.2, 0) is 0 Å². The standard InChI is InChI=1S/C15H13BrF3NO/c1-9(20-13-8-10(16)6-7-12(13)17)11-4-2-3-5-14(11)21-15(18)19/h2-9,15,20H,1H3. The van der Waals surface area contributed by atoms with Gasteiger partial charge in [0.1, 0.15) is 11.6 Å². The van der Waals surface area contributed by atoms with Crippen LogP contribution < -0.4 is 10.1 Å². The highest BCUT2D eigenvalue weighted by Crippen LogP contribution is 2.30. The normalized spacial score (nSPS) is 12.3. The van der Waals surface area contributed by atoms with Crippen LogP contribution in [0.1, 0.15) is 18.5 Å². The summed E-state index contributed by atoms with van der Waals surface area (Å²) in [5.74, 6) is -0.347. The molecule has 0 bridgehead atoms. The van der Waals surface area contributed by atoms with E-state index in [0.717, 1.165) is 4.47 Å². The van der Waals surface area contributed by atoms with E-state index in [1.54, 1.807) is 37.3 Å². The van der Waals surface area contributed by atoms with Gasteiger partial charge in [-0.3, -0.25) is 0 Å². The topological polar surface area (TPSA) is 21.3 Å². The molecule has 0 fully saturated rings. The molecule has 0 aliphatic carbocycles. The highest BCUT2D eigenvalue weighted by Gasteiger charge is 2.15. The van der Waals surface area contributed by atoms with Gasteiger partial charge in [0.2, 0.25) is 0 Å². The summed E-state index contributed by atoms with van der Waals surface area (Å²) in [5.41, 5.74) is 0.806. The third-order valence-corrected chi connectivity index (χ3v) is 3.40. The number of anilines is 1. The van der Waals surface area contributed by atoms with Crippen LogP contribution >= 0.6 is 15.9 Å². The molecule has 0 aromatic heterocycles. The largest absolute Gasteiger partial charge is 0.434 e. The maximum absolute atomic E-state index is 13.7. The lowest BCUT2D eigenvalue weighted by atomic mass is 10.1. The van der Waals surface area contributed by atoms with E-state index >= 15 is 0 Å². The van der Waals surface area contributed by atoms with Crippen LogP contribution in [0.3, 0.4) is 0 Å². The van der Waals surface area contributed by atoms with Crippen molar-refractivity contribution < 1.29 is 17.9 Å². The Hall–Kier alpha value is -1.69. The Morgan fingerprint density at radius 2 is 1.86 bits per heavy atom. The molecule has 0 saturated heterocycles. The number of hydrogen-bond donors (Lipinski definition) is 1. The first-order chi connectivity index (χ1) is 9.97. The molecule has 0 spiro atoms. The van der Waals surface area contributed by atoms with E-state index in [1.807, 2.05) is 0 Å². The second kappa shape index (κ2) is 6.85. The van der Waals surface area contributed by atoms with Crippen molar-refractivity contribution in [2.75, 3.05) is 5.32 Å². The van der Waals surface area contributed by atoms with Crippen LogP contribution in [-0.4, -0.2) is 6.61 Å². The molecule has 0 amide bonds. The van der Waals surface area contributed by atoms with Crippen LogP contribution in [0.5, 0.6) is 5.75 Å². The molecule has 1 unspecified atom stereocenters. The number of alkyl halides is 2. The number of ether oxygens (including phenoxy) is 1. The van der Waals surface area contributed by atoms with E-state index < -0.39 is 18.5 Å². The van der Waals surface area contributed by atoms with Gasteiger partial charge >= 0.3 is 6.61 Å². The fourth-order valence-electron chi connectivity index (χ4n) is 1.96. The van der Waals surface area contributed by atoms with Gasteiger partial charge in [0, 0.05) is 10.0 Å². The molecule has 2 aromatic rings. The quantitative estimate of drug-likeness (QED) is 0.775. The predicted octanol–water partition coefficient (Wildman–Crippen LogP) is 5.36. The molecule has 2 nitrogen and oxygen atoms in total. The Labute approximate surface area is 129 Å². The van der Waals surface area contributed by atoms with Gasteiger partial charge < -0.3 is 10.1 Å². The van der Waals surface area contributed by atoms with Crippen LogP contribution in [0.4, 0.5) is 18.9 Å². The predicted molar refractivity (Wildman–Crippen MR) is 79.2 cm³/mol. The van der Waals surface area contributed by atoms with E-state index in [1.165, 1.54) is 12.1 Å². The molecule has 1 atom stereocenters. The molecule has 0 radical (unpaired) electrons. The van der Waals surface area contributed by atoms with E-state index in [9.17, 15) is 13.2 Å². The van der Waals surface area contributed by atoms with Gasteiger partial charge in [-0.2, -0.15) is 8.78 Å². The number of hydrogen-bond acceptors (Lipinski definition) is 2. The summed E-state index contributed by atoms with van der Waals surface area (Å²) in [6.07, 6.45) is 0. The molecule has 21 heavy (non-hydrogen) atoms. The lowest BCUT2D eigenvalue weighted by Gasteiger charge is -2.19. The van der Waals surface area contributed by atoms with Crippen molar-refractivity contribution in [3.63, 3.8) is 0 Å². The lowest BCUT2D eigenvalue weighted by molar-refractivity contribution is -0.0505. The highest BCUT2D eigenvalue weighted by atomic mass is 79.9. The van der Waals surface area contributed by atoms with Crippen molar-refractivity contribution in [1.29, 1.82) is 0 Å². The zero-order valence-electron chi connectivity index (χ0n) is 11.1. The average Bonchev–Trinajstić information content (AvgIpc) is 2.42. The van der Waals surface area contributed by atoms with Crippen molar-refractivity contribution in [2.45, 2.75) is 19.6 Å². The fraction of sp³-hybridized carbons (Fsp3) is 0.200. The summed E-state index contributed by atoms with van der Waals surface area (Å²) in [6, 6.07) is 10.5. The molecule has 1 N–H and O–H groups in total. The van der Waals surface area contributed by atoms with Gasteiger partial charge in [-0.25, -0.2) is 4.39 Å². The van der Waals surface area contributed by atoms with Gasteiger partial charge in [-0.1, -0.05) is 34.1 Å². The van der Waals surface area contributed by atoms with Crippen LogP contribution in [0.15, 0.2) is 46.9 Å². The second-order valence-electron chi connectivity index (χ2n) is 4.41. The fourth-order valence-corrected chi connectivity index (χ4v) is 2.32. The number of halogens is 4.